The van der Waals surface area contributed by atoms with Crippen molar-refractivity contribution in [2.75, 3.05) is 18.5 Å². The van der Waals surface area contributed by atoms with Crippen molar-refractivity contribution in [3.8, 4) is 0 Å². The Morgan fingerprint density at radius 2 is 2.19 bits per heavy atom. The number of nitrogens with one attached hydrogen (secondary N) is 1. The molecule has 0 aromatic heterocycles. The molecular weight excluding hydrogens is 200 g/mol. The second-order valence-corrected chi connectivity index (χ2v) is 4.33. The Hall–Kier alpha value is -1.35. The van der Waals surface area contributed by atoms with Crippen molar-refractivity contribution in [1.29, 1.82) is 0 Å². The van der Waals surface area contributed by atoms with Gasteiger partial charge in [-0.05, 0) is 32.0 Å². The summed E-state index contributed by atoms with van der Waals surface area (Å²) in [5.41, 5.74) is 2.25. The third-order valence-corrected chi connectivity index (χ3v) is 3.20. The van der Waals surface area contributed by atoms with Crippen LogP contribution in [0.1, 0.15) is 18.9 Å². The van der Waals surface area contributed by atoms with Crippen molar-refractivity contribution in [3.05, 3.63) is 29.8 Å². The number of fused-ring (bicyclic) bond motifs is 1. The molecule has 0 saturated carbocycles. The van der Waals surface area contributed by atoms with E-state index in [1.54, 1.807) is 0 Å². The van der Waals surface area contributed by atoms with Crippen LogP contribution in [0, 0.1) is 0 Å². The molecule has 1 atom stereocenters. The Balaban J connectivity index is 2.07. The molecule has 1 heterocycles. The number of para-hydroxylation sites is 1. The predicted molar refractivity (Wildman–Crippen MR) is 65.6 cm³/mol. The molecular formula is C13H18N2O. The summed E-state index contributed by atoms with van der Waals surface area (Å²) in [7, 11) is 1.95. The van der Waals surface area contributed by atoms with Crippen molar-refractivity contribution in [2.24, 2.45) is 0 Å². The molecule has 1 amide bonds. The normalized spacial score (nSPS) is 16.4. The van der Waals surface area contributed by atoms with Gasteiger partial charge in [-0.3, -0.25) is 4.79 Å². The highest BCUT2D eigenvalue weighted by molar-refractivity contribution is 6.01. The summed E-state index contributed by atoms with van der Waals surface area (Å²) in [5.74, 6) is 0.226. The molecule has 1 aromatic carbocycles. The van der Waals surface area contributed by atoms with Crippen LogP contribution in [0.25, 0.3) is 0 Å². The molecule has 2 rings (SSSR count). The Morgan fingerprint density at radius 3 is 2.94 bits per heavy atom. The highest BCUT2D eigenvalue weighted by Crippen LogP contribution is 2.28. The van der Waals surface area contributed by atoms with Gasteiger partial charge in [-0.2, -0.15) is 0 Å². The third kappa shape index (κ3) is 2.09. The number of nitrogens with zero attached hydrogens (tertiary/aromatic N) is 1. The van der Waals surface area contributed by atoms with E-state index in [9.17, 15) is 4.79 Å². The molecule has 1 aliphatic heterocycles. The van der Waals surface area contributed by atoms with E-state index in [0.717, 1.165) is 24.2 Å². The minimum Gasteiger partial charge on any atom is -0.317 e. The smallest absolute Gasteiger partial charge is 0.231 e. The molecule has 16 heavy (non-hydrogen) atoms. The van der Waals surface area contributed by atoms with Crippen molar-refractivity contribution in [1.82, 2.24) is 5.32 Å². The summed E-state index contributed by atoms with van der Waals surface area (Å²) >= 11 is 0. The Labute approximate surface area is 96.5 Å². The van der Waals surface area contributed by atoms with Crippen LogP contribution in [0.5, 0.6) is 0 Å². The third-order valence-electron chi connectivity index (χ3n) is 3.20. The van der Waals surface area contributed by atoms with E-state index in [1.807, 2.05) is 36.2 Å². The minimum atomic E-state index is 0.226. The number of anilines is 1. The van der Waals surface area contributed by atoms with Gasteiger partial charge in [-0.15, -0.1) is 0 Å². The topological polar surface area (TPSA) is 32.3 Å². The van der Waals surface area contributed by atoms with Crippen LogP contribution >= 0.6 is 0 Å². The number of hydrogen-bond acceptors (Lipinski definition) is 2. The van der Waals surface area contributed by atoms with Crippen molar-refractivity contribution in [3.63, 3.8) is 0 Å². The maximum Gasteiger partial charge on any atom is 0.231 e. The summed E-state index contributed by atoms with van der Waals surface area (Å²) in [6, 6.07) is 8.50. The quantitative estimate of drug-likeness (QED) is 0.832. The lowest BCUT2D eigenvalue weighted by Crippen LogP contribution is -2.32. The highest BCUT2D eigenvalue weighted by atomic mass is 16.2. The zero-order chi connectivity index (χ0) is 11.5. The molecule has 0 aliphatic carbocycles. The molecule has 0 saturated heterocycles. The van der Waals surface area contributed by atoms with Gasteiger partial charge in [0.05, 0.1) is 6.42 Å². The first-order chi connectivity index (χ1) is 7.72. The molecule has 1 unspecified atom stereocenters. The first kappa shape index (κ1) is 11.1. The summed E-state index contributed by atoms with van der Waals surface area (Å²) in [5, 5.41) is 3.19. The van der Waals surface area contributed by atoms with Gasteiger partial charge >= 0.3 is 0 Å². The molecule has 0 spiro atoms. The van der Waals surface area contributed by atoms with Gasteiger partial charge in [0, 0.05) is 18.3 Å². The van der Waals surface area contributed by atoms with E-state index in [4.69, 9.17) is 0 Å². The first-order valence-electron chi connectivity index (χ1n) is 5.78. The number of carbonyl (C=O) groups excluding carboxylic acids is 1. The molecule has 3 nitrogen and oxygen atoms in total. The largest absolute Gasteiger partial charge is 0.317 e. The summed E-state index contributed by atoms with van der Waals surface area (Å²) in [6.07, 6.45) is 1.54. The van der Waals surface area contributed by atoms with Crippen molar-refractivity contribution >= 4 is 11.6 Å². The maximum absolute atomic E-state index is 11.8. The number of amides is 1. The van der Waals surface area contributed by atoms with Gasteiger partial charge < -0.3 is 10.2 Å². The molecule has 3 heteroatoms. The standard InChI is InChI=1S/C13H18N2O/c1-10(14-2)7-8-15-12-6-4-3-5-11(12)9-13(15)16/h3-6,10,14H,7-9H2,1-2H3. The molecule has 1 N–H and O–H groups in total. The second kappa shape index (κ2) is 4.66. The van der Waals surface area contributed by atoms with Gasteiger partial charge in [0.1, 0.15) is 0 Å². The zero-order valence-corrected chi connectivity index (χ0v) is 9.86. The average Bonchev–Trinajstić information content (AvgIpc) is 2.62. The number of carbonyl (C=O) groups is 1. The molecule has 0 bridgehead atoms. The summed E-state index contributed by atoms with van der Waals surface area (Å²) < 4.78 is 0. The van der Waals surface area contributed by atoms with E-state index >= 15 is 0 Å². The first-order valence-corrected chi connectivity index (χ1v) is 5.78. The van der Waals surface area contributed by atoms with Gasteiger partial charge in [0.25, 0.3) is 0 Å². The van der Waals surface area contributed by atoms with Crippen LogP contribution < -0.4 is 10.2 Å². The second-order valence-electron chi connectivity index (χ2n) is 4.33. The molecule has 0 fully saturated rings. The lowest BCUT2D eigenvalue weighted by atomic mass is 10.2. The summed E-state index contributed by atoms with van der Waals surface area (Å²) in [4.78, 5) is 13.7. The van der Waals surface area contributed by atoms with Gasteiger partial charge in [-0.1, -0.05) is 18.2 Å². The monoisotopic (exact) mass is 218 g/mol. The van der Waals surface area contributed by atoms with E-state index < -0.39 is 0 Å². The van der Waals surface area contributed by atoms with Crippen LogP contribution in [0.2, 0.25) is 0 Å². The van der Waals surface area contributed by atoms with Gasteiger partial charge in [-0.25, -0.2) is 0 Å². The average molecular weight is 218 g/mol. The van der Waals surface area contributed by atoms with Crippen LogP contribution in [0.3, 0.4) is 0 Å². The van der Waals surface area contributed by atoms with Gasteiger partial charge in [0.15, 0.2) is 0 Å². The van der Waals surface area contributed by atoms with E-state index in [-0.39, 0.29) is 5.91 Å². The lowest BCUT2D eigenvalue weighted by molar-refractivity contribution is -0.117. The minimum absolute atomic E-state index is 0.226. The number of hydrogen-bond donors (Lipinski definition) is 1. The summed E-state index contributed by atoms with van der Waals surface area (Å²) in [6.45, 7) is 2.93. The lowest BCUT2D eigenvalue weighted by Gasteiger charge is -2.19. The predicted octanol–water partition coefficient (Wildman–Crippen LogP) is 1.57. The number of benzene rings is 1. The SMILES string of the molecule is CNC(C)CCN1C(=O)Cc2ccccc21. The Bertz CT molecular complexity index is 389. The van der Waals surface area contributed by atoms with E-state index in [1.165, 1.54) is 0 Å². The van der Waals surface area contributed by atoms with E-state index in [2.05, 4.69) is 12.2 Å². The fourth-order valence-corrected chi connectivity index (χ4v) is 2.03. The Kier molecular flexibility index (Phi) is 3.25. The zero-order valence-electron chi connectivity index (χ0n) is 9.86. The number of rotatable bonds is 4. The van der Waals surface area contributed by atoms with Crippen molar-refractivity contribution < 1.29 is 4.79 Å². The maximum atomic E-state index is 11.8. The van der Waals surface area contributed by atoms with Crippen LogP contribution in [-0.4, -0.2) is 25.5 Å². The fourth-order valence-electron chi connectivity index (χ4n) is 2.03. The van der Waals surface area contributed by atoms with Gasteiger partial charge in [0.2, 0.25) is 5.91 Å². The molecule has 1 aliphatic rings. The molecule has 0 radical (unpaired) electrons. The van der Waals surface area contributed by atoms with E-state index in [0.29, 0.717) is 12.5 Å². The van der Waals surface area contributed by atoms with Crippen LogP contribution in [0.15, 0.2) is 24.3 Å². The fraction of sp³-hybridized carbons (Fsp3) is 0.462. The van der Waals surface area contributed by atoms with Crippen LogP contribution in [-0.2, 0) is 11.2 Å². The van der Waals surface area contributed by atoms with Crippen molar-refractivity contribution in [2.45, 2.75) is 25.8 Å². The Morgan fingerprint density at radius 1 is 1.44 bits per heavy atom. The molecule has 1 aromatic rings. The molecule has 86 valence electrons. The highest BCUT2D eigenvalue weighted by Gasteiger charge is 2.26. The van der Waals surface area contributed by atoms with Crippen LogP contribution in [0.4, 0.5) is 5.69 Å².